The molecule has 4 N–H and O–H groups in total. The number of amides is 1. The largest absolute Gasteiger partial charge is 0.483 e. The normalized spacial score (nSPS) is 9.78. The lowest BCUT2D eigenvalue weighted by molar-refractivity contribution is -0.123. The monoisotopic (exact) mass is 510 g/mol. The number of rotatable bonds is 7. The van der Waals surface area contributed by atoms with E-state index in [4.69, 9.17) is 10.5 Å². The van der Waals surface area contributed by atoms with Crippen molar-refractivity contribution in [2.75, 3.05) is 19.7 Å². The van der Waals surface area contributed by atoms with Crippen molar-refractivity contribution in [3.63, 3.8) is 0 Å². The highest BCUT2D eigenvalue weighted by atomic mass is 16.5. The van der Waals surface area contributed by atoms with Gasteiger partial charge in [0.15, 0.2) is 6.61 Å². The standard InChI is InChI=1S/C14H22N2O3.2C7H8.2C2H6/c1-10-4-3-5-11(2)14(10)19-9-13(18)16-8-12(17)6-7-15;2*1-7-5-3-2-4-6-7;2*1-2/h3-5,12,17H,6-9,15H2,1-2H3,(H,16,18);2*2-6H,1H3;2*1-2H3. The molecule has 0 fully saturated rings. The minimum Gasteiger partial charge on any atom is -0.483 e. The number of carbonyl (C=O) groups excluding carboxylic acids is 1. The maximum Gasteiger partial charge on any atom is 0.258 e. The number of nitrogens with one attached hydrogen (secondary N) is 1. The summed E-state index contributed by atoms with van der Waals surface area (Å²) in [7, 11) is 0. The van der Waals surface area contributed by atoms with E-state index in [-0.39, 0.29) is 19.1 Å². The third-order valence-corrected chi connectivity index (χ3v) is 4.67. The van der Waals surface area contributed by atoms with Gasteiger partial charge < -0.3 is 20.9 Å². The van der Waals surface area contributed by atoms with E-state index < -0.39 is 6.10 Å². The van der Waals surface area contributed by atoms with Crippen LogP contribution in [0, 0.1) is 27.7 Å². The average Bonchev–Trinajstić information content (AvgIpc) is 2.91. The van der Waals surface area contributed by atoms with E-state index in [1.165, 1.54) is 11.1 Å². The van der Waals surface area contributed by atoms with Crippen LogP contribution in [0.1, 0.15) is 56.4 Å². The summed E-state index contributed by atoms with van der Waals surface area (Å²) in [6.45, 7) is 16.6. The summed E-state index contributed by atoms with van der Waals surface area (Å²) < 4.78 is 5.50. The van der Waals surface area contributed by atoms with E-state index in [0.717, 1.165) is 16.9 Å². The summed E-state index contributed by atoms with van der Waals surface area (Å²) in [5.74, 6) is 0.485. The molecular formula is C32H50N2O3. The molecule has 0 aliphatic rings. The van der Waals surface area contributed by atoms with Crippen LogP contribution in [0.4, 0.5) is 0 Å². The molecule has 3 rings (SSSR count). The SMILES string of the molecule is CC.CC.Cc1cccc(C)c1OCC(=O)NCC(O)CCN.Cc1ccccc1.Cc1ccccc1. The minimum atomic E-state index is -0.603. The summed E-state index contributed by atoms with van der Waals surface area (Å²) in [5.41, 5.74) is 9.94. The fraction of sp³-hybridized carbons (Fsp3) is 0.406. The molecular weight excluding hydrogens is 460 g/mol. The molecule has 0 spiro atoms. The second-order valence-corrected chi connectivity index (χ2v) is 7.85. The van der Waals surface area contributed by atoms with Gasteiger partial charge in [-0.1, -0.05) is 118 Å². The number of para-hydroxylation sites is 1. The lowest BCUT2D eigenvalue weighted by Crippen LogP contribution is -2.36. The van der Waals surface area contributed by atoms with Crippen molar-refractivity contribution in [3.05, 3.63) is 101 Å². The second kappa shape index (κ2) is 24.5. The van der Waals surface area contributed by atoms with Crippen molar-refractivity contribution in [1.82, 2.24) is 5.32 Å². The fourth-order valence-electron chi connectivity index (χ4n) is 2.81. The van der Waals surface area contributed by atoms with Gasteiger partial charge in [-0.2, -0.15) is 0 Å². The zero-order chi connectivity index (χ0) is 28.5. The number of aliphatic hydroxyl groups excluding tert-OH is 1. The fourth-order valence-corrected chi connectivity index (χ4v) is 2.81. The summed E-state index contributed by atoms with van der Waals surface area (Å²) in [4.78, 5) is 11.6. The number of ether oxygens (including phenoxy) is 1. The van der Waals surface area contributed by atoms with E-state index in [2.05, 4.69) is 43.4 Å². The lowest BCUT2D eigenvalue weighted by atomic mass is 10.1. The van der Waals surface area contributed by atoms with Crippen LogP contribution >= 0.6 is 0 Å². The van der Waals surface area contributed by atoms with Crippen LogP contribution < -0.4 is 15.8 Å². The van der Waals surface area contributed by atoms with Crippen molar-refractivity contribution in [3.8, 4) is 5.75 Å². The maximum absolute atomic E-state index is 11.6. The topological polar surface area (TPSA) is 84.6 Å². The Morgan fingerprint density at radius 1 is 0.784 bits per heavy atom. The van der Waals surface area contributed by atoms with Gasteiger partial charge in [0, 0.05) is 6.54 Å². The molecule has 37 heavy (non-hydrogen) atoms. The number of aryl methyl sites for hydroxylation is 4. The number of hydrogen-bond acceptors (Lipinski definition) is 4. The number of carbonyl (C=O) groups is 1. The number of aliphatic hydroxyl groups is 1. The first kappa shape index (κ1) is 36.0. The Hall–Kier alpha value is -3.15. The second-order valence-electron chi connectivity index (χ2n) is 7.85. The highest BCUT2D eigenvalue weighted by Gasteiger charge is 2.09. The minimum absolute atomic E-state index is 0.0545. The van der Waals surface area contributed by atoms with E-state index in [1.807, 2.05) is 96.1 Å². The van der Waals surface area contributed by atoms with Crippen LogP contribution in [0.25, 0.3) is 0 Å². The summed E-state index contributed by atoms with van der Waals surface area (Å²) in [6.07, 6.45) is -0.132. The van der Waals surface area contributed by atoms with Crippen LogP contribution in [-0.4, -0.2) is 36.8 Å². The third-order valence-electron chi connectivity index (χ3n) is 4.67. The molecule has 1 unspecified atom stereocenters. The van der Waals surface area contributed by atoms with Gasteiger partial charge >= 0.3 is 0 Å². The van der Waals surface area contributed by atoms with Gasteiger partial charge in [0.05, 0.1) is 6.10 Å². The van der Waals surface area contributed by atoms with Crippen molar-refractivity contribution < 1.29 is 14.6 Å². The van der Waals surface area contributed by atoms with Crippen LogP contribution in [0.15, 0.2) is 78.9 Å². The van der Waals surface area contributed by atoms with Crippen LogP contribution in [0.2, 0.25) is 0 Å². The summed E-state index contributed by atoms with van der Waals surface area (Å²) in [5, 5.41) is 12.0. The first-order chi connectivity index (χ1) is 17.8. The predicted octanol–water partition coefficient (Wildman–Crippen LogP) is 6.55. The zero-order valence-electron chi connectivity index (χ0n) is 24.3. The Labute approximate surface area is 226 Å². The first-order valence-electron chi connectivity index (χ1n) is 13.2. The lowest BCUT2D eigenvalue weighted by Gasteiger charge is -2.13. The van der Waals surface area contributed by atoms with Crippen molar-refractivity contribution in [2.45, 2.75) is 67.9 Å². The molecule has 0 aliphatic heterocycles. The van der Waals surface area contributed by atoms with Gasteiger partial charge in [0.1, 0.15) is 5.75 Å². The Bertz CT molecular complexity index is 858. The molecule has 5 heteroatoms. The Kier molecular flexibility index (Phi) is 23.9. The predicted molar refractivity (Wildman–Crippen MR) is 159 cm³/mol. The highest BCUT2D eigenvalue weighted by Crippen LogP contribution is 2.21. The quantitative estimate of drug-likeness (QED) is 0.336. The van der Waals surface area contributed by atoms with Crippen LogP contribution in [0.5, 0.6) is 5.75 Å². The molecule has 0 heterocycles. The van der Waals surface area contributed by atoms with Crippen LogP contribution in [-0.2, 0) is 4.79 Å². The smallest absolute Gasteiger partial charge is 0.258 e. The number of nitrogens with two attached hydrogens (primary N) is 1. The Balaban J connectivity index is 0. The first-order valence-corrected chi connectivity index (χ1v) is 13.2. The van der Waals surface area contributed by atoms with E-state index in [9.17, 15) is 9.90 Å². The van der Waals surface area contributed by atoms with E-state index in [0.29, 0.717) is 13.0 Å². The van der Waals surface area contributed by atoms with Gasteiger partial charge in [-0.3, -0.25) is 4.79 Å². The molecule has 5 nitrogen and oxygen atoms in total. The number of benzene rings is 3. The van der Waals surface area contributed by atoms with Gasteiger partial charge in [-0.05, 0) is 51.8 Å². The van der Waals surface area contributed by atoms with Crippen molar-refractivity contribution in [1.29, 1.82) is 0 Å². The molecule has 3 aromatic rings. The maximum atomic E-state index is 11.6. The van der Waals surface area contributed by atoms with E-state index >= 15 is 0 Å². The molecule has 0 saturated heterocycles. The molecule has 3 aromatic carbocycles. The molecule has 1 atom stereocenters. The molecule has 0 aliphatic carbocycles. The molecule has 0 saturated carbocycles. The van der Waals surface area contributed by atoms with Gasteiger partial charge in [0.2, 0.25) is 0 Å². The van der Waals surface area contributed by atoms with Crippen molar-refractivity contribution in [2.24, 2.45) is 5.73 Å². The molecule has 0 radical (unpaired) electrons. The van der Waals surface area contributed by atoms with E-state index in [1.54, 1.807) is 0 Å². The van der Waals surface area contributed by atoms with Gasteiger partial charge in [0.25, 0.3) is 5.91 Å². The Morgan fingerprint density at radius 2 is 1.22 bits per heavy atom. The summed E-state index contributed by atoms with van der Waals surface area (Å²) >= 11 is 0. The highest BCUT2D eigenvalue weighted by molar-refractivity contribution is 5.77. The van der Waals surface area contributed by atoms with Crippen molar-refractivity contribution >= 4 is 5.91 Å². The molecule has 0 bridgehead atoms. The summed E-state index contributed by atoms with van der Waals surface area (Å²) in [6, 6.07) is 26.3. The third kappa shape index (κ3) is 19.7. The number of hydrogen-bond donors (Lipinski definition) is 3. The Morgan fingerprint density at radius 3 is 1.57 bits per heavy atom. The zero-order valence-corrected chi connectivity index (χ0v) is 24.3. The molecule has 0 aromatic heterocycles. The van der Waals surface area contributed by atoms with Gasteiger partial charge in [-0.25, -0.2) is 0 Å². The molecule has 206 valence electrons. The van der Waals surface area contributed by atoms with Gasteiger partial charge in [-0.15, -0.1) is 0 Å². The molecule has 1 amide bonds. The average molecular weight is 511 g/mol. The van der Waals surface area contributed by atoms with Crippen LogP contribution in [0.3, 0.4) is 0 Å².